The number of aromatic nitrogens is 4. The molecule has 3 N–H and O–H groups in total. The van der Waals surface area contributed by atoms with Crippen LogP contribution in [0.25, 0.3) is 11.4 Å². The van der Waals surface area contributed by atoms with Gasteiger partial charge in [0.1, 0.15) is 0 Å². The van der Waals surface area contributed by atoms with E-state index in [-0.39, 0.29) is 0 Å². The van der Waals surface area contributed by atoms with Crippen LogP contribution in [-0.2, 0) is 4.79 Å². The van der Waals surface area contributed by atoms with E-state index in [0.29, 0.717) is 17.5 Å². The molecule has 2 aromatic heterocycles. The van der Waals surface area contributed by atoms with Gasteiger partial charge in [-0.1, -0.05) is 11.8 Å². The van der Waals surface area contributed by atoms with E-state index in [4.69, 9.17) is 0 Å². The van der Waals surface area contributed by atoms with Crippen LogP contribution in [0.4, 0.5) is 4.79 Å². The maximum Gasteiger partial charge on any atom is 0.321 e. The van der Waals surface area contributed by atoms with Gasteiger partial charge in [-0.3, -0.25) is 20.2 Å². The minimum atomic E-state index is -0.507. The van der Waals surface area contributed by atoms with Crippen LogP contribution in [0.5, 0.6) is 0 Å². The summed E-state index contributed by atoms with van der Waals surface area (Å²) in [6.07, 6.45) is 3.32. The monoisotopic (exact) mass is 320 g/mol. The fourth-order valence-corrected chi connectivity index (χ4v) is 2.29. The molecule has 1 atom stereocenters. The van der Waals surface area contributed by atoms with Crippen LogP contribution in [0.2, 0.25) is 0 Å². The zero-order valence-corrected chi connectivity index (χ0v) is 13.0. The molecule has 0 radical (unpaired) electrons. The SMILES string of the molecule is CCNC(=O)NC(=O)[C@H](C)Sc1n[nH]c(-c2ccncc2)n1. The van der Waals surface area contributed by atoms with Gasteiger partial charge in [-0.25, -0.2) is 9.78 Å². The highest BCUT2D eigenvalue weighted by molar-refractivity contribution is 8.00. The fourth-order valence-electron chi connectivity index (χ4n) is 1.57. The first-order valence-electron chi connectivity index (χ1n) is 6.68. The molecule has 0 aromatic carbocycles. The van der Waals surface area contributed by atoms with Gasteiger partial charge < -0.3 is 5.32 Å². The summed E-state index contributed by atoms with van der Waals surface area (Å²) in [5, 5.41) is 11.6. The summed E-state index contributed by atoms with van der Waals surface area (Å²) in [4.78, 5) is 31.4. The molecule has 8 nitrogen and oxygen atoms in total. The molecule has 0 aliphatic carbocycles. The highest BCUT2D eigenvalue weighted by Gasteiger charge is 2.19. The minimum absolute atomic E-state index is 0.397. The lowest BCUT2D eigenvalue weighted by Crippen LogP contribution is -2.42. The molecule has 0 bridgehead atoms. The van der Waals surface area contributed by atoms with Gasteiger partial charge in [0.2, 0.25) is 11.1 Å². The first kappa shape index (κ1) is 16.0. The Morgan fingerprint density at radius 3 is 2.77 bits per heavy atom. The van der Waals surface area contributed by atoms with Crippen molar-refractivity contribution >= 4 is 23.7 Å². The number of carbonyl (C=O) groups excluding carboxylic acids is 2. The van der Waals surface area contributed by atoms with Crippen molar-refractivity contribution in [3.8, 4) is 11.4 Å². The number of H-pyrrole nitrogens is 1. The Morgan fingerprint density at radius 2 is 2.09 bits per heavy atom. The maximum atomic E-state index is 11.8. The van der Waals surface area contributed by atoms with Crippen LogP contribution in [0.1, 0.15) is 13.8 Å². The van der Waals surface area contributed by atoms with Gasteiger partial charge in [0.25, 0.3) is 0 Å². The van der Waals surface area contributed by atoms with Gasteiger partial charge in [0.05, 0.1) is 5.25 Å². The summed E-state index contributed by atoms with van der Waals surface area (Å²) >= 11 is 1.17. The van der Waals surface area contributed by atoms with Gasteiger partial charge in [-0.15, -0.1) is 5.10 Å². The van der Waals surface area contributed by atoms with E-state index < -0.39 is 17.2 Å². The number of nitrogens with zero attached hydrogens (tertiary/aromatic N) is 3. The Labute approximate surface area is 131 Å². The Hall–Kier alpha value is -2.42. The average molecular weight is 320 g/mol. The van der Waals surface area contributed by atoms with Crippen molar-refractivity contribution in [3.05, 3.63) is 24.5 Å². The molecule has 0 aliphatic heterocycles. The van der Waals surface area contributed by atoms with Crippen LogP contribution in [0.3, 0.4) is 0 Å². The summed E-state index contributed by atoms with van der Waals surface area (Å²) < 4.78 is 0. The summed E-state index contributed by atoms with van der Waals surface area (Å²) in [6, 6.07) is 3.10. The number of amides is 3. The number of aromatic amines is 1. The van der Waals surface area contributed by atoms with Crippen molar-refractivity contribution in [2.75, 3.05) is 6.54 Å². The average Bonchev–Trinajstić information content (AvgIpc) is 2.96. The number of nitrogens with one attached hydrogen (secondary N) is 3. The van der Waals surface area contributed by atoms with Crippen molar-refractivity contribution in [3.63, 3.8) is 0 Å². The molecule has 9 heteroatoms. The summed E-state index contributed by atoms with van der Waals surface area (Å²) in [6.45, 7) is 3.91. The number of hydrogen-bond donors (Lipinski definition) is 3. The number of rotatable bonds is 5. The van der Waals surface area contributed by atoms with Crippen molar-refractivity contribution < 1.29 is 9.59 Å². The third kappa shape index (κ3) is 4.29. The van der Waals surface area contributed by atoms with Crippen molar-refractivity contribution in [2.45, 2.75) is 24.3 Å². The number of hydrogen-bond acceptors (Lipinski definition) is 6. The number of thioether (sulfide) groups is 1. The van der Waals surface area contributed by atoms with Gasteiger partial charge in [-0.2, -0.15) is 0 Å². The Morgan fingerprint density at radius 1 is 1.36 bits per heavy atom. The predicted octanol–water partition coefficient (Wildman–Crippen LogP) is 1.19. The summed E-state index contributed by atoms with van der Waals surface area (Å²) in [5.74, 6) is 0.201. The second kappa shape index (κ2) is 7.55. The standard InChI is InChI=1S/C13H16N6O2S/c1-3-15-12(21)17-11(20)8(2)22-13-16-10(18-19-13)9-4-6-14-7-5-9/h4-8H,3H2,1-2H3,(H,16,18,19)(H2,15,17,20,21)/t8-/m0/s1. The summed E-state index contributed by atoms with van der Waals surface area (Å²) in [7, 11) is 0. The van der Waals surface area contributed by atoms with Crippen LogP contribution >= 0.6 is 11.8 Å². The van der Waals surface area contributed by atoms with Crippen LogP contribution < -0.4 is 10.6 Å². The fraction of sp³-hybridized carbons (Fsp3) is 0.308. The van der Waals surface area contributed by atoms with E-state index in [1.807, 2.05) is 0 Å². The lowest BCUT2D eigenvalue weighted by Gasteiger charge is -2.09. The van der Waals surface area contributed by atoms with E-state index in [1.54, 1.807) is 38.4 Å². The molecule has 0 unspecified atom stereocenters. The van der Waals surface area contributed by atoms with E-state index in [0.717, 1.165) is 5.56 Å². The van der Waals surface area contributed by atoms with Gasteiger partial charge in [0.15, 0.2) is 5.82 Å². The zero-order valence-electron chi connectivity index (χ0n) is 12.2. The Balaban J connectivity index is 1.95. The lowest BCUT2D eigenvalue weighted by atomic mass is 10.3. The molecule has 0 fully saturated rings. The number of urea groups is 1. The molecular formula is C13H16N6O2S. The predicted molar refractivity (Wildman–Crippen MR) is 82.1 cm³/mol. The minimum Gasteiger partial charge on any atom is -0.338 e. The van der Waals surface area contributed by atoms with Gasteiger partial charge in [0, 0.05) is 24.5 Å². The van der Waals surface area contributed by atoms with E-state index in [9.17, 15) is 9.59 Å². The van der Waals surface area contributed by atoms with Crippen LogP contribution in [-0.4, -0.2) is 43.9 Å². The largest absolute Gasteiger partial charge is 0.338 e. The van der Waals surface area contributed by atoms with Gasteiger partial charge >= 0.3 is 6.03 Å². The number of carbonyl (C=O) groups is 2. The third-order valence-electron chi connectivity index (χ3n) is 2.64. The molecule has 2 rings (SSSR count). The normalized spacial score (nSPS) is 11.7. The maximum absolute atomic E-state index is 11.8. The molecule has 22 heavy (non-hydrogen) atoms. The first-order chi connectivity index (χ1) is 10.6. The van der Waals surface area contributed by atoms with Crippen LogP contribution in [0.15, 0.2) is 29.7 Å². The second-order valence-corrected chi connectivity index (χ2v) is 5.62. The second-order valence-electron chi connectivity index (χ2n) is 4.31. The molecule has 0 spiro atoms. The first-order valence-corrected chi connectivity index (χ1v) is 7.56. The van der Waals surface area contributed by atoms with E-state index in [2.05, 4.69) is 30.8 Å². The number of imide groups is 1. The lowest BCUT2D eigenvalue weighted by molar-refractivity contribution is -0.119. The van der Waals surface area contributed by atoms with Crippen molar-refractivity contribution in [1.82, 2.24) is 30.8 Å². The zero-order chi connectivity index (χ0) is 15.9. The molecule has 3 amide bonds. The molecule has 2 heterocycles. The van der Waals surface area contributed by atoms with Crippen molar-refractivity contribution in [1.29, 1.82) is 0 Å². The molecule has 0 aliphatic rings. The topological polar surface area (TPSA) is 113 Å². The number of pyridine rings is 1. The third-order valence-corrected chi connectivity index (χ3v) is 3.61. The van der Waals surface area contributed by atoms with E-state index in [1.165, 1.54) is 11.8 Å². The molecular weight excluding hydrogens is 304 g/mol. The molecule has 0 saturated heterocycles. The molecule has 2 aromatic rings. The summed E-state index contributed by atoms with van der Waals surface area (Å²) in [5.41, 5.74) is 0.855. The Bertz CT molecular complexity index is 645. The van der Waals surface area contributed by atoms with Crippen molar-refractivity contribution in [2.24, 2.45) is 0 Å². The highest BCUT2D eigenvalue weighted by atomic mass is 32.2. The smallest absolute Gasteiger partial charge is 0.321 e. The molecule has 116 valence electrons. The van der Waals surface area contributed by atoms with Crippen LogP contribution in [0, 0.1) is 0 Å². The quantitative estimate of drug-likeness (QED) is 0.713. The molecule has 0 saturated carbocycles. The van der Waals surface area contributed by atoms with Gasteiger partial charge in [-0.05, 0) is 26.0 Å². The Kier molecular flexibility index (Phi) is 5.48. The highest BCUT2D eigenvalue weighted by Crippen LogP contribution is 2.22. The van der Waals surface area contributed by atoms with E-state index >= 15 is 0 Å².